The Bertz CT molecular complexity index is 382. The maximum absolute atomic E-state index is 10.9. The molecule has 0 aliphatic carbocycles. The second-order valence-electron chi connectivity index (χ2n) is 2.86. The molecule has 0 fully saturated rings. The minimum Gasteiger partial charge on any atom is -0.469 e. The zero-order valence-electron chi connectivity index (χ0n) is 8.41. The first-order chi connectivity index (χ1) is 7.04. The Morgan fingerprint density at radius 2 is 2.38 bits per heavy atom. The molecule has 0 saturated carbocycles. The van der Waals surface area contributed by atoms with Gasteiger partial charge in [0.15, 0.2) is 0 Å². The number of ether oxygens (including phenoxy) is 1. The monoisotopic (exact) mass is 266 g/mol. The van der Waals surface area contributed by atoms with Crippen LogP contribution in [-0.4, -0.2) is 18.0 Å². The van der Waals surface area contributed by atoms with Crippen molar-refractivity contribution in [1.82, 2.24) is 0 Å². The lowest BCUT2D eigenvalue weighted by Crippen LogP contribution is -2.15. The van der Waals surface area contributed by atoms with Gasteiger partial charge in [0.2, 0.25) is 0 Å². The van der Waals surface area contributed by atoms with Gasteiger partial charge in [-0.05, 0) is 5.56 Å². The third-order valence-corrected chi connectivity index (χ3v) is 2.73. The molecule has 0 amide bonds. The molecule has 1 heterocycles. The van der Waals surface area contributed by atoms with Crippen LogP contribution in [0.1, 0.15) is 18.0 Å². The number of methoxy groups -OCH3 is 1. The Morgan fingerprint density at radius 1 is 1.75 bits per heavy atom. The molecule has 0 bridgehead atoms. The highest BCUT2D eigenvalue weighted by Crippen LogP contribution is 2.27. The first kappa shape index (κ1) is 14.8. The Morgan fingerprint density at radius 3 is 2.81 bits per heavy atom. The van der Waals surface area contributed by atoms with Crippen molar-refractivity contribution in [2.45, 2.75) is 12.5 Å². The summed E-state index contributed by atoms with van der Waals surface area (Å²) in [5.74, 6) is -0.434. The van der Waals surface area contributed by atoms with Crippen LogP contribution in [0.25, 0.3) is 0 Å². The number of hydrogen-bond donors (Lipinski definition) is 1. The summed E-state index contributed by atoms with van der Waals surface area (Å²) in [5.41, 5.74) is 6.25. The van der Waals surface area contributed by atoms with Crippen molar-refractivity contribution >= 4 is 34.7 Å². The van der Waals surface area contributed by atoms with Crippen molar-refractivity contribution in [3.63, 3.8) is 0 Å². The van der Waals surface area contributed by atoms with Gasteiger partial charge in [0.25, 0.3) is 0 Å². The van der Waals surface area contributed by atoms with Gasteiger partial charge in [-0.15, -0.1) is 12.4 Å². The summed E-state index contributed by atoms with van der Waals surface area (Å²) in [7, 11) is 1.27. The molecule has 90 valence electrons. The third-order valence-electron chi connectivity index (χ3n) is 1.83. The number of thiophene rings is 1. The van der Waals surface area contributed by atoms with E-state index in [0.29, 0.717) is 5.56 Å². The van der Waals surface area contributed by atoms with E-state index in [2.05, 4.69) is 4.74 Å². The van der Waals surface area contributed by atoms with Crippen LogP contribution in [-0.2, 0) is 9.53 Å². The topological polar surface area (TPSA) is 95.5 Å². The van der Waals surface area contributed by atoms with Gasteiger partial charge in [0.1, 0.15) is 0 Å². The van der Waals surface area contributed by atoms with Crippen LogP contribution in [0.2, 0.25) is 0 Å². The van der Waals surface area contributed by atoms with E-state index in [1.165, 1.54) is 13.2 Å². The average molecular weight is 267 g/mol. The number of nitrogens with zero attached hydrogens (tertiary/aromatic N) is 1. The van der Waals surface area contributed by atoms with E-state index < -0.39 is 16.9 Å². The van der Waals surface area contributed by atoms with Crippen LogP contribution in [0.4, 0.5) is 5.00 Å². The number of carbonyl (C=O) groups is 1. The molecule has 16 heavy (non-hydrogen) atoms. The molecule has 1 aromatic rings. The first-order valence-electron chi connectivity index (χ1n) is 4.09. The number of nitro groups is 1. The smallest absolute Gasteiger partial charge is 0.324 e. The molecule has 0 radical (unpaired) electrons. The van der Waals surface area contributed by atoms with E-state index in [9.17, 15) is 14.9 Å². The molecule has 2 N–H and O–H groups in total. The number of halogens is 1. The number of rotatable bonds is 4. The van der Waals surface area contributed by atoms with Gasteiger partial charge >= 0.3 is 11.0 Å². The second kappa shape index (κ2) is 6.41. The maximum Gasteiger partial charge on any atom is 0.324 e. The highest BCUT2D eigenvalue weighted by molar-refractivity contribution is 7.13. The molecule has 0 aromatic carbocycles. The number of carbonyl (C=O) groups excluding carboxylic acids is 1. The van der Waals surface area contributed by atoms with Gasteiger partial charge < -0.3 is 10.5 Å². The lowest BCUT2D eigenvalue weighted by Gasteiger charge is -2.06. The van der Waals surface area contributed by atoms with Gasteiger partial charge in [-0.1, -0.05) is 11.3 Å². The third kappa shape index (κ3) is 3.76. The van der Waals surface area contributed by atoms with Crippen molar-refractivity contribution in [3.8, 4) is 0 Å². The molecule has 6 nitrogen and oxygen atoms in total. The molecular weight excluding hydrogens is 256 g/mol. The number of nitrogens with two attached hydrogens (primary N) is 1. The van der Waals surface area contributed by atoms with Gasteiger partial charge in [0, 0.05) is 17.5 Å². The Balaban J connectivity index is 0.00000225. The van der Waals surface area contributed by atoms with E-state index in [4.69, 9.17) is 5.73 Å². The zero-order chi connectivity index (χ0) is 11.4. The molecule has 1 rings (SSSR count). The highest BCUT2D eigenvalue weighted by Gasteiger charge is 2.17. The molecule has 0 spiro atoms. The van der Waals surface area contributed by atoms with E-state index >= 15 is 0 Å². The van der Waals surface area contributed by atoms with E-state index in [1.807, 2.05) is 0 Å². The average Bonchev–Trinajstić information content (AvgIpc) is 2.66. The van der Waals surface area contributed by atoms with Crippen molar-refractivity contribution in [3.05, 3.63) is 27.1 Å². The second-order valence-corrected chi connectivity index (χ2v) is 3.75. The SMILES string of the molecule is COC(=O)C[C@@H](N)c1csc([N+](=O)[O-])c1.Cl. The fourth-order valence-electron chi connectivity index (χ4n) is 1.01. The standard InChI is InChI=1S/C8H10N2O4S.ClH/c1-14-8(11)3-6(9)5-2-7(10(12)13)15-4-5;/h2,4,6H,3,9H2,1H3;1H/t6-;/m1./s1. The summed E-state index contributed by atoms with van der Waals surface area (Å²) in [4.78, 5) is 20.8. The van der Waals surface area contributed by atoms with Gasteiger partial charge in [-0.25, -0.2) is 0 Å². The predicted octanol–water partition coefficient (Wildman–Crippen LogP) is 1.64. The van der Waals surface area contributed by atoms with Crippen molar-refractivity contribution in [2.24, 2.45) is 5.73 Å². The predicted molar refractivity (Wildman–Crippen MR) is 61.8 cm³/mol. The number of hydrogen-bond acceptors (Lipinski definition) is 6. The summed E-state index contributed by atoms with van der Waals surface area (Å²) >= 11 is 0.989. The van der Waals surface area contributed by atoms with Gasteiger partial charge in [-0.2, -0.15) is 0 Å². The molecule has 8 heteroatoms. The molecule has 0 aliphatic heterocycles. The van der Waals surface area contributed by atoms with E-state index in [0.717, 1.165) is 11.3 Å². The first-order valence-corrected chi connectivity index (χ1v) is 4.97. The Hall–Kier alpha value is -1.18. The maximum atomic E-state index is 10.9. The van der Waals surface area contributed by atoms with Crippen molar-refractivity contribution < 1.29 is 14.5 Å². The van der Waals surface area contributed by atoms with E-state index in [1.54, 1.807) is 5.38 Å². The fraction of sp³-hybridized carbons (Fsp3) is 0.375. The zero-order valence-corrected chi connectivity index (χ0v) is 10.0. The molecule has 0 aliphatic rings. The normalized spacial score (nSPS) is 11.4. The van der Waals surface area contributed by atoms with Crippen LogP contribution < -0.4 is 5.73 Å². The van der Waals surface area contributed by atoms with E-state index in [-0.39, 0.29) is 23.8 Å². The van der Waals surface area contributed by atoms with Crippen LogP contribution in [0.15, 0.2) is 11.4 Å². The summed E-state index contributed by atoms with van der Waals surface area (Å²) in [5, 5.41) is 12.0. The Labute approximate surface area is 102 Å². The van der Waals surface area contributed by atoms with Gasteiger partial charge in [0.05, 0.1) is 18.5 Å². The minimum atomic E-state index is -0.553. The van der Waals surface area contributed by atoms with Crippen LogP contribution in [0, 0.1) is 10.1 Å². The minimum absolute atomic E-state index is 0. The lowest BCUT2D eigenvalue weighted by atomic mass is 10.1. The molecule has 1 atom stereocenters. The van der Waals surface area contributed by atoms with Gasteiger partial charge in [-0.3, -0.25) is 14.9 Å². The van der Waals surface area contributed by atoms with Crippen LogP contribution in [0.3, 0.4) is 0 Å². The van der Waals surface area contributed by atoms with Crippen molar-refractivity contribution in [2.75, 3.05) is 7.11 Å². The molecule has 0 unspecified atom stereocenters. The summed E-state index contributed by atoms with van der Waals surface area (Å²) < 4.78 is 4.45. The largest absolute Gasteiger partial charge is 0.469 e. The van der Waals surface area contributed by atoms with Crippen molar-refractivity contribution in [1.29, 1.82) is 0 Å². The quantitative estimate of drug-likeness (QED) is 0.508. The fourth-order valence-corrected chi connectivity index (χ4v) is 1.80. The Kier molecular flexibility index (Phi) is 5.94. The number of esters is 1. The lowest BCUT2D eigenvalue weighted by molar-refractivity contribution is -0.380. The van der Waals surface area contributed by atoms with Crippen LogP contribution in [0.5, 0.6) is 0 Å². The highest BCUT2D eigenvalue weighted by atomic mass is 35.5. The summed E-state index contributed by atoms with van der Waals surface area (Å²) in [6.45, 7) is 0. The molecular formula is C8H11ClN2O4S. The molecule has 0 saturated heterocycles. The van der Waals surface area contributed by atoms with Crippen LogP contribution >= 0.6 is 23.7 Å². The summed E-state index contributed by atoms with van der Waals surface area (Å²) in [6, 6.07) is 0.820. The summed E-state index contributed by atoms with van der Waals surface area (Å²) in [6.07, 6.45) is 0.0182. The molecule has 1 aromatic heterocycles.